The van der Waals surface area contributed by atoms with Crippen molar-refractivity contribution in [1.82, 2.24) is 5.32 Å². The molecule has 0 saturated heterocycles. The maximum absolute atomic E-state index is 10.8. The third-order valence-corrected chi connectivity index (χ3v) is 1.98. The van der Waals surface area contributed by atoms with Crippen molar-refractivity contribution in [2.24, 2.45) is 5.14 Å². The van der Waals surface area contributed by atoms with Gasteiger partial charge in [0, 0.05) is 19.4 Å². The van der Waals surface area contributed by atoms with E-state index < -0.39 is 10.0 Å². The SMILES string of the molecule is C#CCCC(=O)NCCS(N)(=O)=O. The molecule has 0 aromatic rings. The van der Waals surface area contributed by atoms with E-state index in [1.165, 1.54) is 0 Å². The number of terminal acetylenes is 1. The van der Waals surface area contributed by atoms with Gasteiger partial charge in [0.1, 0.15) is 0 Å². The van der Waals surface area contributed by atoms with Crippen LogP contribution in [-0.2, 0) is 14.8 Å². The summed E-state index contributed by atoms with van der Waals surface area (Å²) >= 11 is 0. The maximum atomic E-state index is 10.8. The molecule has 0 fully saturated rings. The molecule has 0 aliphatic rings. The predicted octanol–water partition coefficient (Wildman–Crippen LogP) is -1.20. The minimum Gasteiger partial charge on any atom is -0.355 e. The van der Waals surface area contributed by atoms with Gasteiger partial charge >= 0.3 is 0 Å². The van der Waals surface area contributed by atoms with Gasteiger partial charge in [0.15, 0.2) is 0 Å². The van der Waals surface area contributed by atoms with Gasteiger partial charge in [-0.3, -0.25) is 4.79 Å². The van der Waals surface area contributed by atoms with Gasteiger partial charge in [0.2, 0.25) is 15.9 Å². The fourth-order valence-corrected chi connectivity index (χ4v) is 0.993. The Morgan fingerprint density at radius 1 is 1.54 bits per heavy atom. The monoisotopic (exact) mass is 204 g/mol. The first-order valence-electron chi connectivity index (χ1n) is 3.66. The van der Waals surface area contributed by atoms with Crippen molar-refractivity contribution in [3.05, 3.63) is 0 Å². The van der Waals surface area contributed by atoms with Gasteiger partial charge in [0.25, 0.3) is 0 Å². The van der Waals surface area contributed by atoms with Gasteiger partial charge in [-0.15, -0.1) is 12.3 Å². The molecular weight excluding hydrogens is 192 g/mol. The Hall–Kier alpha value is -1.06. The molecule has 0 bridgehead atoms. The van der Waals surface area contributed by atoms with Crippen molar-refractivity contribution < 1.29 is 13.2 Å². The molecule has 5 nitrogen and oxygen atoms in total. The maximum Gasteiger partial charge on any atom is 0.220 e. The summed E-state index contributed by atoms with van der Waals surface area (Å²) < 4.78 is 20.8. The zero-order valence-corrected chi connectivity index (χ0v) is 7.93. The van der Waals surface area contributed by atoms with E-state index in [-0.39, 0.29) is 24.6 Å². The van der Waals surface area contributed by atoms with Crippen LogP contribution in [0.2, 0.25) is 0 Å². The van der Waals surface area contributed by atoms with E-state index in [4.69, 9.17) is 11.6 Å². The molecule has 1 amide bonds. The fraction of sp³-hybridized carbons (Fsp3) is 0.571. The number of rotatable bonds is 5. The minimum atomic E-state index is -3.50. The van der Waals surface area contributed by atoms with E-state index in [9.17, 15) is 13.2 Å². The van der Waals surface area contributed by atoms with Crippen LogP contribution >= 0.6 is 0 Å². The van der Waals surface area contributed by atoms with Crippen molar-refractivity contribution in [3.8, 4) is 12.3 Å². The largest absolute Gasteiger partial charge is 0.355 e. The van der Waals surface area contributed by atoms with Crippen molar-refractivity contribution in [3.63, 3.8) is 0 Å². The molecule has 0 saturated carbocycles. The number of carbonyl (C=O) groups excluding carboxylic acids is 1. The predicted molar refractivity (Wildman–Crippen MR) is 49.1 cm³/mol. The third kappa shape index (κ3) is 8.85. The molecular formula is C7H12N2O3S. The Kier molecular flexibility index (Phi) is 5.11. The van der Waals surface area contributed by atoms with E-state index in [1.807, 2.05) is 0 Å². The molecule has 0 spiro atoms. The Balaban J connectivity index is 3.56. The molecule has 0 unspecified atom stereocenters. The summed E-state index contributed by atoms with van der Waals surface area (Å²) in [7, 11) is -3.50. The molecule has 13 heavy (non-hydrogen) atoms. The lowest BCUT2D eigenvalue weighted by molar-refractivity contribution is -0.120. The van der Waals surface area contributed by atoms with Gasteiger partial charge < -0.3 is 5.32 Å². The van der Waals surface area contributed by atoms with Crippen LogP contribution in [-0.4, -0.2) is 26.6 Å². The lowest BCUT2D eigenvalue weighted by atomic mass is 10.3. The van der Waals surface area contributed by atoms with Gasteiger partial charge in [-0.25, -0.2) is 13.6 Å². The second-order valence-electron chi connectivity index (χ2n) is 2.42. The zero-order chi connectivity index (χ0) is 10.3. The summed E-state index contributed by atoms with van der Waals surface area (Å²) in [6.45, 7) is 0.0300. The number of primary sulfonamides is 1. The highest BCUT2D eigenvalue weighted by molar-refractivity contribution is 7.89. The van der Waals surface area contributed by atoms with Crippen LogP contribution in [0.15, 0.2) is 0 Å². The average molecular weight is 204 g/mol. The Bertz CT molecular complexity index is 302. The smallest absolute Gasteiger partial charge is 0.220 e. The highest BCUT2D eigenvalue weighted by Gasteiger charge is 2.03. The molecule has 0 heterocycles. The van der Waals surface area contributed by atoms with Crippen LogP contribution in [0.3, 0.4) is 0 Å². The summed E-state index contributed by atoms with van der Waals surface area (Å²) in [4.78, 5) is 10.8. The van der Waals surface area contributed by atoms with Crippen LogP contribution in [0.1, 0.15) is 12.8 Å². The first-order valence-corrected chi connectivity index (χ1v) is 5.38. The number of hydrogen-bond acceptors (Lipinski definition) is 3. The van der Waals surface area contributed by atoms with Gasteiger partial charge in [-0.2, -0.15) is 0 Å². The van der Waals surface area contributed by atoms with Crippen molar-refractivity contribution in [2.45, 2.75) is 12.8 Å². The summed E-state index contributed by atoms with van der Waals surface area (Å²) in [6.07, 6.45) is 5.49. The van der Waals surface area contributed by atoms with Crippen LogP contribution in [0, 0.1) is 12.3 Å². The van der Waals surface area contributed by atoms with E-state index in [0.717, 1.165) is 0 Å². The van der Waals surface area contributed by atoms with Crippen LogP contribution < -0.4 is 10.5 Å². The molecule has 0 atom stereocenters. The number of amides is 1. The number of nitrogens with two attached hydrogens (primary N) is 1. The normalized spacial score (nSPS) is 10.5. The summed E-state index contributed by atoms with van der Waals surface area (Å²) in [5.41, 5.74) is 0. The molecule has 0 radical (unpaired) electrons. The van der Waals surface area contributed by atoms with Crippen molar-refractivity contribution in [2.75, 3.05) is 12.3 Å². The molecule has 0 aromatic heterocycles. The molecule has 6 heteroatoms. The number of carbonyl (C=O) groups is 1. The summed E-state index contributed by atoms with van der Waals surface area (Å²) in [5, 5.41) is 7.09. The standard InChI is InChI=1S/C7H12N2O3S/c1-2-3-4-7(10)9-5-6-13(8,11)12/h1H,3-6H2,(H,9,10)(H2,8,11,12). The van der Waals surface area contributed by atoms with E-state index >= 15 is 0 Å². The van der Waals surface area contributed by atoms with E-state index in [0.29, 0.717) is 6.42 Å². The Morgan fingerprint density at radius 3 is 2.62 bits per heavy atom. The van der Waals surface area contributed by atoms with Crippen LogP contribution in [0.5, 0.6) is 0 Å². The fourth-order valence-electron chi connectivity index (χ4n) is 0.607. The van der Waals surface area contributed by atoms with E-state index in [1.54, 1.807) is 0 Å². The Labute approximate surface area is 77.7 Å². The molecule has 3 N–H and O–H groups in total. The third-order valence-electron chi connectivity index (χ3n) is 1.21. The van der Waals surface area contributed by atoms with Crippen LogP contribution in [0.4, 0.5) is 0 Å². The quantitative estimate of drug-likeness (QED) is 0.551. The van der Waals surface area contributed by atoms with Crippen LogP contribution in [0.25, 0.3) is 0 Å². The van der Waals surface area contributed by atoms with Crippen molar-refractivity contribution in [1.29, 1.82) is 0 Å². The summed E-state index contributed by atoms with van der Waals surface area (Å²) in [6, 6.07) is 0. The van der Waals surface area contributed by atoms with Gasteiger partial charge in [0.05, 0.1) is 5.75 Å². The molecule has 0 aliphatic heterocycles. The van der Waals surface area contributed by atoms with Gasteiger partial charge in [-0.1, -0.05) is 0 Å². The Morgan fingerprint density at radius 2 is 2.15 bits per heavy atom. The van der Waals surface area contributed by atoms with Gasteiger partial charge in [-0.05, 0) is 0 Å². The zero-order valence-electron chi connectivity index (χ0n) is 7.12. The van der Waals surface area contributed by atoms with Crippen molar-refractivity contribution >= 4 is 15.9 Å². The lowest BCUT2D eigenvalue weighted by Crippen LogP contribution is -2.31. The lowest BCUT2D eigenvalue weighted by Gasteiger charge is -2.01. The second-order valence-corrected chi connectivity index (χ2v) is 4.16. The summed E-state index contributed by atoms with van der Waals surface area (Å²) in [5.74, 6) is 1.78. The molecule has 0 rings (SSSR count). The molecule has 0 aromatic carbocycles. The first kappa shape index (κ1) is 11.9. The topological polar surface area (TPSA) is 89.3 Å². The minimum absolute atomic E-state index is 0.0300. The molecule has 0 aliphatic carbocycles. The number of sulfonamides is 1. The van der Waals surface area contributed by atoms with E-state index in [2.05, 4.69) is 11.2 Å². The molecule has 74 valence electrons. The average Bonchev–Trinajstić information content (AvgIpc) is 1.98. The first-order chi connectivity index (χ1) is 5.95. The number of nitrogens with one attached hydrogen (secondary N) is 1. The number of hydrogen-bond donors (Lipinski definition) is 2. The second kappa shape index (κ2) is 5.56. The highest BCUT2D eigenvalue weighted by atomic mass is 32.2. The highest BCUT2D eigenvalue weighted by Crippen LogP contribution is 1.85.